The first-order chi connectivity index (χ1) is 10.1. The Balaban J connectivity index is 1.96. The summed E-state index contributed by atoms with van der Waals surface area (Å²) in [5.41, 5.74) is 1.09. The average molecular weight is 311 g/mol. The van der Waals surface area contributed by atoms with E-state index >= 15 is 0 Å². The van der Waals surface area contributed by atoms with Gasteiger partial charge < -0.3 is 15.7 Å². The summed E-state index contributed by atoms with van der Waals surface area (Å²) in [5, 5.41) is 15.7. The molecule has 0 heterocycles. The lowest BCUT2D eigenvalue weighted by Gasteiger charge is -2.22. The minimum absolute atomic E-state index is 0.0140. The quantitative estimate of drug-likeness (QED) is 0.724. The molecule has 1 aromatic carbocycles. The normalized spacial score (nSPS) is 17.1. The summed E-state index contributed by atoms with van der Waals surface area (Å²) in [6.45, 7) is 2.08. The van der Waals surface area contributed by atoms with Gasteiger partial charge in [0.25, 0.3) is 0 Å². The standard InChI is InChI=1S/C16H23ClN2O2/c1-2-14(9-10-20)18-16(21)19-15(11-3-4-11)12-5-7-13(17)8-6-12/h5-8,11,14-15,20H,2-4,9-10H2,1H3,(H2,18,19,21). The third-order valence-electron chi connectivity index (χ3n) is 3.91. The van der Waals surface area contributed by atoms with E-state index < -0.39 is 0 Å². The molecule has 116 valence electrons. The summed E-state index contributed by atoms with van der Waals surface area (Å²) < 4.78 is 0. The van der Waals surface area contributed by atoms with E-state index in [9.17, 15) is 4.79 Å². The number of aliphatic hydroxyl groups is 1. The molecule has 4 nitrogen and oxygen atoms in total. The second-order valence-corrected chi connectivity index (χ2v) is 6.04. The lowest BCUT2D eigenvalue weighted by atomic mass is 10.0. The number of carbonyl (C=O) groups is 1. The molecule has 2 amide bonds. The third kappa shape index (κ3) is 4.90. The molecule has 1 aliphatic rings. The van der Waals surface area contributed by atoms with Crippen LogP contribution in [0.15, 0.2) is 24.3 Å². The number of aliphatic hydroxyl groups excluding tert-OH is 1. The van der Waals surface area contributed by atoms with Crippen molar-refractivity contribution in [3.05, 3.63) is 34.9 Å². The summed E-state index contributed by atoms with van der Waals surface area (Å²) in [7, 11) is 0. The lowest BCUT2D eigenvalue weighted by molar-refractivity contribution is 0.223. The second-order valence-electron chi connectivity index (χ2n) is 5.60. The maximum Gasteiger partial charge on any atom is 0.315 e. The van der Waals surface area contributed by atoms with Gasteiger partial charge in [-0.05, 0) is 49.3 Å². The number of hydrogen-bond acceptors (Lipinski definition) is 2. The summed E-state index contributed by atoms with van der Waals surface area (Å²) in [6.07, 6.45) is 3.67. The molecule has 2 atom stereocenters. The molecule has 5 heteroatoms. The van der Waals surface area contributed by atoms with Gasteiger partial charge in [0.15, 0.2) is 0 Å². The van der Waals surface area contributed by atoms with E-state index in [1.165, 1.54) is 0 Å². The van der Waals surface area contributed by atoms with Crippen molar-refractivity contribution in [2.24, 2.45) is 5.92 Å². The number of rotatable bonds is 7. The topological polar surface area (TPSA) is 61.4 Å². The van der Waals surface area contributed by atoms with Crippen molar-refractivity contribution in [2.45, 2.75) is 44.7 Å². The van der Waals surface area contributed by atoms with Gasteiger partial charge in [-0.25, -0.2) is 4.79 Å². The maximum atomic E-state index is 12.1. The fraction of sp³-hybridized carbons (Fsp3) is 0.562. The van der Waals surface area contributed by atoms with Crippen molar-refractivity contribution in [3.8, 4) is 0 Å². The second kappa shape index (κ2) is 7.66. The minimum atomic E-state index is -0.165. The van der Waals surface area contributed by atoms with E-state index in [2.05, 4.69) is 10.6 Å². The maximum absolute atomic E-state index is 12.1. The van der Waals surface area contributed by atoms with Gasteiger partial charge in [0, 0.05) is 17.7 Å². The van der Waals surface area contributed by atoms with Gasteiger partial charge in [-0.3, -0.25) is 0 Å². The Labute approximate surface area is 130 Å². The lowest BCUT2D eigenvalue weighted by Crippen LogP contribution is -2.44. The zero-order chi connectivity index (χ0) is 15.2. The summed E-state index contributed by atoms with van der Waals surface area (Å²) >= 11 is 5.92. The molecule has 2 unspecified atom stereocenters. The first-order valence-corrected chi connectivity index (χ1v) is 7.95. The van der Waals surface area contributed by atoms with E-state index in [1.807, 2.05) is 31.2 Å². The predicted molar refractivity (Wildman–Crippen MR) is 84.4 cm³/mol. The van der Waals surface area contributed by atoms with Crippen molar-refractivity contribution < 1.29 is 9.90 Å². The van der Waals surface area contributed by atoms with Crippen molar-refractivity contribution in [2.75, 3.05) is 6.61 Å². The molecule has 0 saturated heterocycles. The molecular weight excluding hydrogens is 288 g/mol. The van der Waals surface area contributed by atoms with Gasteiger partial charge in [0.2, 0.25) is 0 Å². The highest BCUT2D eigenvalue weighted by atomic mass is 35.5. The summed E-state index contributed by atoms with van der Waals surface area (Å²) in [6, 6.07) is 7.53. The highest BCUT2D eigenvalue weighted by Gasteiger charge is 2.33. The van der Waals surface area contributed by atoms with Crippen LogP contribution in [-0.4, -0.2) is 23.8 Å². The van der Waals surface area contributed by atoms with Crippen LogP contribution in [-0.2, 0) is 0 Å². The number of benzene rings is 1. The largest absolute Gasteiger partial charge is 0.396 e. The van der Waals surface area contributed by atoms with Crippen LogP contribution in [0.4, 0.5) is 4.79 Å². The molecule has 21 heavy (non-hydrogen) atoms. The average Bonchev–Trinajstić information content (AvgIpc) is 3.30. The predicted octanol–water partition coefficient (Wildman–Crippen LogP) is 3.25. The van der Waals surface area contributed by atoms with Crippen LogP contribution in [0, 0.1) is 5.92 Å². The molecule has 1 saturated carbocycles. The molecule has 3 N–H and O–H groups in total. The molecule has 1 fully saturated rings. The third-order valence-corrected chi connectivity index (χ3v) is 4.17. The van der Waals surface area contributed by atoms with E-state index in [4.69, 9.17) is 16.7 Å². The smallest absolute Gasteiger partial charge is 0.315 e. The number of urea groups is 1. The minimum Gasteiger partial charge on any atom is -0.396 e. The number of halogens is 1. The molecule has 1 aromatic rings. The van der Waals surface area contributed by atoms with Crippen molar-refractivity contribution in [1.82, 2.24) is 10.6 Å². The summed E-state index contributed by atoms with van der Waals surface area (Å²) in [4.78, 5) is 12.1. The van der Waals surface area contributed by atoms with Gasteiger partial charge in [0.05, 0.1) is 6.04 Å². The van der Waals surface area contributed by atoms with Crippen molar-refractivity contribution >= 4 is 17.6 Å². The van der Waals surface area contributed by atoms with Crippen molar-refractivity contribution in [3.63, 3.8) is 0 Å². The van der Waals surface area contributed by atoms with Crippen LogP contribution < -0.4 is 10.6 Å². The highest BCUT2D eigenvalue weighted by molar-refractivity contribution is 6.30. The number of carbonyl (C=O) groups excluding carboxylic acids is 1. The molecule has 0 bridgehead atoms. The number of nitrogens with one attached hydrogen (secondary N) is 2. The van der Waals surface area contributed by atoms with Crippen LogP contribution >= 0.6 is 11.6 Å². The van der Waals surface area contributed by atoms with Gasteiger partial charge in [-0.2, -0.15) is 0 Å². The molecule has 0 radical (unpaired) electrons. The van der Waals surface area contributed by atoms with Crippen LogP contribution in [0.5, 0.6) is 0 Å². The zero-order valence-electron chi connectivity index (χ0n) is 12.3. The van der Waals surface area contributed by atoms with Gasteiger partial charge in [-0.15, -0.1) is 0 Å². The Bertz CT molecular complexity index is 460. The fourth-order valence-electron chi connectivity index (χ4n) is 2.48. The Morgan fingerprint density at radius 3 is 2.52 bits per heavy atom. The summed E-state index contributed by atoms with van der Waals surface area (Å²) in [5.74, 6) is 0.509. The van der Waals surface area contributed by atoms with Crippen LogP contribution in [0.25, 0.3) is 0 Å². The Hall–Kier alpha value is -1.26. The van der Waals surface area contributed by atoms with E-state index in [-0.39, 0.29) is 24.7 Å². The monoisotopic (exact) mass is 310 g/mol. The Morgan fingerprint density at radius 1 is 1.33 bits per heavy atom. The van der Waals surface area contributed by atoms with E-state index in [1.54, 1.807) is 0 Å². The van der Waals surface area contributed by atoms with Crippen molar-refractivity contribution in [1.29, 1.82) is 0 Å². The molecular formula is C16H23ClN2O2. The van der Waals surface area contributed by atoms with E-state index in [0.29, 0.717) is 17.4 Å². The SMILES string of the molecule is CCC(CCO)NC(=O)NC(c1ccc(Cl)cc1)C1CC1. The molecule has 2 rings (SSSR count). The van der Waals surface area contributed by atoms with Crippen LogP contribution in [0.3, 0.4) is 0 Å². The van der Waals surface area contributed by atoms with E-state index in [0.717, 1.165) is 24.8 Å². The highest BCUT2D eigenvalue weighted by Crippen LogP contribution is 2.41. The Kier molecular flexibility index (Phi) is 5.88. The first-order valence-electron chi connectivity index (χ1n) is 7.57. The van der Waals surface area contributed by atoms with Gasteiger partial charge in [-0.1, -0.05) is 30.7 Å². The molecule has 0 aromatic heterocycles. The van der Waals surface area contributed by atoms with Gasteiger partial charge >= 0.3 is 6.03 Å². The number of hydrogen-bond donors (Lipinski definition) is 3. The zero-order valence-corrected chi connectivity index (χ0v) is 13.1. The molecule has 0 aliphatic heterocycles. The van der Waals surface area contributed by atoms with Gasteiger partial charge in [0.1, 0.15) is 0 Å². The fourth-order valence-corrected chi connectivity index (χ4v) is 2.60. The van der Waals surface area contributed by atoms with Crippen LogP contribution in [0.2, 0.25) is 5.02 Å². The number of amides is 2. The first kappa shape index (κ1) is 16.1. The van der Waals surface area contributed by atoms with Crippen LogP contribution in [0.1, 0.15) is 44.2 Å². The molecule has 0 spiro atoms. The Morgan fingerprint density at radius 2 is 2.00 bits per heavy atom. The molecule has 1 aliphatic carbocycles.